The second kappa shape index (κ2) is 7.70. The molecule has 3 rings (SSSR count). The third-order valence-corrected chi connectivity index (χ3v) is 4.28. The smallest absolute Gasteiger partial charge is 0.361 e. The number of carbonyl (C=O) groups excluding carboxylic acids is 1. The van der Waals surface area contributed by atoms with Crippen LogP contribution in [0.1, 0.15) is 28.1 Å². The highest BCUT2D eigenvalue weighted by atomic mass is 35.5. The molecule has 9 heteroatoms. The van der Waals surface area contributed by atoms with Crippen LogP contribution in [0.15, 0.2) is 47.1 Å². The van der Waals surface area contributed by atoms with Gasteiger partial charge in [-0.05, 0) is 18.2 Å². The van der Waals surface area contributed by atoms with Gasteiger partial charge in [-0.15, -0.1) is 0 Å². The minimum atomic E-state index is -4.40. The number of benzene rings is 1. The number of nitrogens with zero attached hydrogens (tertiary/aromatic N) is 2. The summed E-state index contributed by atoms with van der Waals surface area (Å²) in [6, 6.07) is 7.59. The number of halogens is 5. The van der Waals surface area contributed by atoms with E-state index in [1.165, 1.54) is 24.4 Å². The van der Waals surface area contributed by atoms with Gasteiger partial charge >= 0.3 is 6.18 Å². The molecule has 0 radical (unpaired) electrons. The quantitative estimate of drug-likeness (QED) is 0.386. The first-order valence-electron chi connectivity index (χ1n) is 7.71. The summed E-state index contributed by atoms with van der Waals surface area (Å²) in [5.74, 6) is 0.159. The van der Waals surface area contributed by atoms with E-state index >= 15 is 0 Å². The first kappa shape index (κ1) is 19.4. The number of rotatable bonds is 5. The topological polar surface area (TPSA) is 56.0 Å². The maximum absolute atomic E-state index is 12.6. The Labute approximate surface area is 161 Å². The lowest BCUT2D eigenvalue weighted by Gasteiger charge is -2.06. The van der Waals surface area contributed by atoms with Crippen molar-refractivity contribution in [3.63, 3.8) is 0 Å². The molecular formula is C18H11Cl2F3N2O2. The summed E-state index contributed by atoms with van der Waals surface area (Å²) >= 11 is 11.7. The molecule has 4 nitrogen and oxygen atoms in total. The predicted molar refractivity (Wildman–Crippen MR) is 93.8 cm³/mol. The fraction of sp³-hybridized carbons (Fsp3) is 0.167. The minimum absolute atomic E-state index is 0.0624. The first-order chi connectivity index (χ1) is 12.7. The summed E-state index contributed by atoms with van der Waals surface area (Å²) in [6.45, 7) is 0. The van der Waals surface area contributed by atoms with E-state index in [0.717, 1.165) is 12.1 Å². The van der Waals surface area contributed by atoms with E-state index in [9.17, 15) is 18.0 Å². The van der Waals surface area contributed by atoms with Crippen molar-refractivity contribution in [3.05, 3.63) is 69.7 Å². The van der Waals surface area contributed by atoms with Crippen molar-refractivity contribution >= 4 is 29.0 Å². The standard InChI is InChI=1S/C18H11Cl2F3N2O2/c19-12-7-14(17(20)24-9-12)16(26)6-5-13-8-15(25-27-13)10-1-3-11(4-2-10)18(21,22)23/h1-4,7-9H,5-6H2. The Hall–Kier alpha value is -2.38. The Morgan fingerprint density at radius 1 is 1.11 bits per heavy atom. The summed E-state index contributed by atoms with van der Waals surface area (Å²) in [7, 11) is 0. The molecule has 0 aliphatic heterocycles. The first-order valence-corrected chi connectivity index (χ1v) is 8.47. The van der Waals surface area contributed by atoms with E-state index < -0.39 is 11.7 Å². The second-order valence-electron chi connectivity index (χ2n) is 5.67. The third-order valence-electron chi connectivity index (χ3n) is 3.77. The van der Waals surface area contributed by atoms with Crippen molar-refractivity contribution in [2.45, 2.75) is 19.0 Å². The summed E-state index contributed by atoms with van der Waals surface area (Å²) in [5, 5.41) is 4.19. The molecule has 0 amide bonds. The van der Waals surface area contributed by atoms with Gasteiger partial charge in [0.25, 0.3) is 0 Å². The molecule has 0 saturated heterocycles. The lowest BCUT2D eigenvalue weighted by atomic mass is 10.1. The molecule has 0 spiro atoms. The molecule has 0 fully saturated rings. The number of aryl methyl sites for hydroxylation is 1. The van der Waals surface area contributed by atoms with Crippen LogP contribution in [-0.4, -0.2) is 15.9 Å². The Balaban J connectivity index is 1.67. The van der Waals surface area contributed by atoms with Crippen molar-refractivity contribution in [1.82, 2.24) is 10.1 Å². The van der Waals surface area contributed by atoms with E-state index in [1.54, 1.807) is 6.07 Å². The fourth-order valence-corrected chi connectivity index (χ4v) is 2.75. The van der Waals surface area contributed by atoms with Gasteiger partial charge in [-0.3, -0.25) is 4.79 Å². The van der Waals surface area contributed by atoms with Crippen LogP contribution < -0.4 is 0 Å². The molecule has 0 aliphatic rings. The minimum Gasteiger partial charge on any atom is -0.361 e. The lowest BCUT2D eigenvalue weighted by Crippen LogP contribution is -2.04. The zero-order valence-electron chi connectivity index (χ0n) is 13.6. The molecule has 27 heavy (non-hydrogen) atoms. The van der Waals surface area contributed by atoms with Crippen LogP contribution in [0.25, 0.3) is 11.3 Å². The molecule has 140 valence electrons. The van der Waals surface area contributed by atoms with Gasteiger partial charge in [-0.1, -0.05) is 40.5 Å². The van der Waals surface area contributed by atoms with Gasteiger partial charge in [-0.2, -0.15) is 13.2 Å². The van der Waals surface area contributed by atoms with Crippen LogP contribution in [0.2, 0.25) is 10.2 Å². The van der Waals surface area contributed by atoms with Gasteiger partial charge in [-0.25, -0.2) is 4.98 Å². The number of carbonyl (C=O) groups is 1. The second-order valence-corrected chi connectivity index (χ2v) is 6.46. The van der Waals surface area contributed by atoms with Crippen molar-refractivity contribution in [2.24, 2.45) is 0 Å². The van der Waals surface area contributed by atoms with Gasteiger partial charge in [0, 0.05) is 30.7 Å². The molecule has 3 aromatic rings. The number of pyridine rings is 1. The Bertz CT molecular complexity index is 969. The van der Waals surface area contributed by atoms with Crippen LogP contribution in [0, 0.1) is 0 Å². The zero-order chi connectivity index (χ0) is 19.6. The number of hydrogen-bond acceptors (Lipinski definition) is 4. The Morgan fingerprint density at radius 3 is 2.48 bits per heavy atom. The maximum atomic E-state index is 12.6. The Morgan fingerprint density at radius 2 is 1.81 bits per heavy atom. The number of Topliss-reactive ketones (excluding diaryl/α,β-unsaturated/α-hetero) is 1. The summed E-state index contributed by atoms with van der Waals surface area (Å²) in [5.41, 5.74) is 0.333. The molecule has 0 aliphatic carbocycles. The molecule has 0 unspecified atom stereocenters. The average Bonchev–Trinajstić information content (AvgIpc) is 3.10. The van der Waals surface area contributed by atoms with Crippen LogP contribution in [0.5, 0.6) is 0 Å². The van der Waals surface area contributed by atoms with Gasteiger partial charge in [0.15, 0.2) is 5.78 Å². The number of ketones is 1. The average molecular weight is 415 g/mol. The molecular weight excluding hydrogens is 404 g/mol. The summed E-state index contributed by atoms with van der Waals surface area (Å²) in [6.07, 6.45) is -2.73. The van der Waals surface area contributed by atoms with Crippen molar-refractivity contribution in [1.29, 1.82) is 0 Å². The number of alkyl halides is 3. The van der Waals surface area contributed by atoms with Crippen molar-refractivity contribution in [2.75, 3.05) is 0 Å². The Kier molecular flexibility index (Phi) is 5.53. The number of hydrogen-bond donors (Lipinski definition) is 0. The number of aromatic nitrogens is 2. The van der Waals surface area contributed by atoms with Crippen LogP contribution in [0.3, 0.4) is 0 Å². The molecule has 2 heterocycles. The van der Waals surface area contributed by atoms with E-state index in [0.29, 0.717) is 22.0 Å². The van der Waals surface area contributed by atoms with E-state index in [2.05, 4.69) is 10.1 Å². The predicted octanol–water partition coefficient (Wildman–Crippen LogP) is 5.88. The maximum Gasteiger partial charge on any atom is 0.416 e. The molecule has 0 saturated carbocycles. The largest absolute Gasteiger partial charge is 0.416 e. The highest BCUT2D eigenvalue weighted by molar-refractivity contribution is 6.34. The van der Waals surface area contributed by atoms with Crippen LogP contribution in [0.4, 0.5) is 13.2 Å². The van der Waals surface area contributed by atoms with Gasteiger partial charge in [0.2, 0.25) is 0 Å². The molecule has 0 atom stereocenters. The summed E-state index contributed by atoms with van der Waals surface area (Å²) in [4.78, 5) is 16.1. The normalized spacial score (nSPS) is 11.6. The fourth-order valence-electron chi connectivity index (χ4n) is 2.39. The zero-order valence-corrected chi connectivity index (χ0v) is 15.1. The lowest BCUT2D eigenvalue weighted by molar-refractivity contribution is -0.137. The van der Waals surface area contributed by atoms with Gasteiger partial charge < -0.3 is 4.52 Å². The van der Waals surface area contributed by atoms with Crippen molar-refractivity contribution < 1.29 is 22.5 Å². The third kappa shape index (κ3) is 4.67. The molecule has 0 bridgehead atoms. The highest BCUT2D eigenvalue weighted by Crippen LogP contribution is 2.31. The van der Waals surface area contributed by atoms with Gasteiger partial charge in [0.1, 0.15) is 16.6 Å². The highest BCUT2D eigenvalue weighted by Gasteiger charge is 2.30. The van der Waals surface area contributed by atoms with E-state index in [-0.39, 0.29) is 29.3 Å². The van der Waals surface area contributed by atoms with Crippen LogP contribution in [-0.2, 0) is 12.6 Å². The van der Waals surface area contributed by atoms with Crippen LogP contribution >= 0.6 is 23.2 Å². The molecule has 2 aromatic heterocycles. The van der Waals surface area contributed by atoms with E-state index in [1.807, 2.05) is 0 Å². The van der Waals surface area contributed by atoms with Crippen molar-refractivity contribution in [3.8, 4) is 11.3 Å². The summed E-state index contributed by atoms with van der Waals surface area (Å²) < 4.78 is 43.0. The monoisotopic (exact) mass is 414 g/mol. The molecule has 1 aromatic carbocycles. The molecule has 0 N–H and O–H groups in total. The SMILES string of the molecule is O=C(CCc1cc(-c2ccc(C(F)(F)F)cc2)no1)c1cc(Cl)cnc1Cl. The van der Waals surface area contributed by atoms with Gasteiger partial charge in [0.05, 0.1) is 16.1 Å². The van der Waals surface area contributed by atoms with E-state index in [4.69, 9.17) is 27.7 Å².